The predicted molar refractivity (Wildman–Crippen MR) is 91.6 cm³/mol. The lowest BCUT2D eigenvalue weighted by Gasteiger charge is -2.07. The van der Waals surface area contributed by atoms with Gasteiger partial charge in [0, 0.05) is 24.3 Å². The molecule has 0 saturated carbocycles. The fraction of sp³-hybridized carbons (Fsp3) is 0.312. The number of carbonyl (C=O) groups excluding carboxylic acids is 1. The van der Waals surface area contributed by atoms with Gasteiger partial charge in [-0.1, -0.05) is 23.7 Å². The van der Waals surface area contributed by atoms with E-state index in [-0.39, 0.29) is 23.7 Å². The van der Waals surface area contributed by atoms with Gasteiger partial charge in [0.05, 0.1) is 6.61 Å². The Morgan fingerprint density at radius 2 is 1.92 bits per heavy atom. The number of hydrogen-bond donors (Lipinski definition) is 1. The molecule has 2 aromatic rings. The molecule has 0 amide bonds. The predicted octanol–water partition coefficient (Wildman–Crippen LogP) is 2.64. The fourth-order valence-electron chi connectivity index (χ4n) is 2.20. The number of hydrogen-bond acceptors (Lipinski definition) is 4. The summed E-state index contributed by atoms with van der Waals surface area (Å²) in [6.45, 7) is 3.68. The van der Waals surface area contributed by atoms with Crippen LogP contribution < -0.4 is 4.72 Å². The van der Waals surface area contributed by atoms with Crippen molar-refractivity contribution in [3.63, 3.8) is 0 Å². The topological polar surface area (TPSA) is 77.4 Å². The number of ether oxygens (including phenoxy) is 1. The second kappa shape index (κ2) is 7.38. The van der Waals surface area contributed by atoms with E-state index in [2.05, 4.69) is 4.72 Å². The van der Waals surface area contributed by atoms with Crippen LogP contribution >= 0.6 is 11.6 Å². The average molecular weight is 371 g/mol. The fourth-order valence-corrected chi connectivity index (χ4v) is 3.63. The molecule has 0 spiro atoms. The first-order valence-corrected chi connectivity index (χ1v) is 9.20. The summed E-state index contributed by atoms with van der Waals surface area (Å²) in [6.07, 6.45) is 0. The van der Waals surface area contributed by atoms with E-state index in [1.165, 1.54) is 10.6 Å². The Labute approximate surface area is 146 Å². The number of benzene rings is 1. The van der Waals surface area contributed by atoms with E-state index in [1.807, 2.05) is 0 Å². The van der Waals surface area contributed by atoms with E-state index in [0.29, 0.717) is 10.7 Å². The monoisotopic (exact) mass is 370 g/mol. The van der Waals surface area contributed by atoms with Crippen LogP contribution in [0, 0.1) is 6.92 Å². The maximum atomic E-state index is 12.5. The molecule has 0 saturated heterocycles. The molecule has 1 N–H and O–H groups in total. The van der Waals surface area contributed by atoms with Crippen LogP contribution in [0.5, 0.6) is 0 Å². The van der Waals surface area contributed by atoms with Crippen LogP contribution in [0.2, 0.25) is 5.02 Å². The van der Waals surface area contributed by atoms with E-state index in [9.17, 15) is 13.2 Å². The Morgan fingerprint density at radius 3 is 2.50 bits per heavy atom. The van der Waals surface area contributed by atoms with Gasteiger partial charge in [-0.25, -0.2) is 17.9 Å². The van der Waals surface area contributed by atoms with E-state index in [4.69, 9.17) is 16.3 Å². The van der Waals surface area contributed by atoms with Crippen molar-refractivity contribution in [1.82, 2.24) is 9.29 Å². The molecule has 24 heavy (non-hydrogen) atoms. The van der Waals surface area contributed by atoms with Crippen molar-refractivity contribution >= 4 is 27.6 Å². The van der Waals surface area contributed by atoms with Crippen molar-refractivity contribution in [3.05, 3.63) is 52.3 Å². The molecule has 130 valence electrons. The molecule has 0 aliphatic heterocycles. The second-order valence-corrected chi connectivity index (χ2v) is 7.38. The van der Waals surface area contributed by atoms with Gasteiger partial charge in [-0.2, -0.15) is 0 Å². The van der Waals surface area contributed by atoms with Crippen LogP contribution in [0.1, 0.15) is 28.7 Å². The third kappa shape index (κ3) is 3.98. The Bertz CT molecular complexity index is 842. The first kappa shape index (κ1) is 18.5. The van der Waals surface area contributed by atoms with Crippen LogP contribution in [-0.4, -0.2) is 25.6 Å². The van der Waals surface area contributed by atoms with Crippen molar-refractivity contribution in [3.8, 4) is 0 Å². The molecular weight excluding hydrogens is 352 g/mol. The maximum absolute atomic E-state index is 12.5. The summed E-state index contributed by atoms with van der Waals surface area (Å²) < 4.78 is 34.1. The van der Waals surface area contributed by atoms with E-state index < -0.39 is 16.0 Å². The minimum absolute atomic E-state index is 0.0574. The van der Waals surface area contributed by atoms with Gasteiger partial charge in [0.1, 0.15) is 10.6 Å². The van der Waals surface area contributed by atoms with E-state index >= 15 is 0 Å². The molecule has 0 aliphatic rings. The zero-order valence-electron chi connectivity index (χ0n) is 13.7. The third-order valence-electron chi connectivity index (χ3n) is 3.64. The van der Waals surface area contributed by atoms with Gasteiger partial charge in [0.25, 0.3) is 0 Å². The molecular formula is C16H19ClN2O4S. The van der Waals surface area contributed by atoms with Gasteiger partial charge < -0.3 is 9.30 Å². The highest BCUT2D eigenvalue weighted by Gasteiger charge is 2.24. The SMILES string of the molecule is CCOC(=O)c1cc(S(=O)(=O)NCc2ccc(Cl)cc2)c(C)n1C. The zero-order valence-corrected chi connectivity index (χ0v) is 15.2. The van der Waals surface area contributed by atoms with Crippen LogP contribution in [-0.2, 0) is 28.4 Å². The van der Waals surface area contributed by atoms with E-state index in [0.717, 1.165) is 5.56 Å². The summed E-state index contributed by atoms with van der Waals surface area (Å²) in [5.41, 5.74) is 1.44. The van der Waals surface area contributed by atoms with Crippen LogP contribution in [0.4, 0.5) is 0 Å². The Morgan fingerprint density at radius 1 is 1.29 bits per heavy atom. The van der Waals surface area contributed by atoms with Crippen molar-refractivity contribution in [1.29, 1.82) is 0 Å². The molecule has 1 aromatic carbocycles. The lowest BCUT2D eigenvalue weighted by molar-refractivity contribution is 0.0515. The molecule has 0 atom stereocenters. The Hall–Kier alpha value is -1.83. The van der Waals surface area contributed by atoms with Crippen molar-refractivity contribution in [2.75, 3.05) is 6.61 Å². The molecule has 8 heteroatoms. The van der Waals surface area contributed by atoms with Gasteiger partial charge in [0.2, 0.25) is 10.0 Å². The quantitative estimate of drug-likeness (QED) is 0.793. The molecule has 0 bridgehead atoms. The lowest BCUT2D eigenvalue weighted by atomic mass is 10.2. The smallest absolute Gasteiger partial charge is 0.354 e. The number of carbonyl (C=O) groups is 1. The van der Waals surface area contributed by atoms with Crippen LogP contribution in [0.25, 0.3) is 0 Å². The molecule has 0 aliphatic carbocycles. The molecule has 0 radical (unpaired) electrons. The minimum Gasteiger partial charge on any atom is -0.461 e. The van der Waals surface area contributed by atoms with Crippen LogP contribution in [0.15, 0.2) is 35.2 Å². The second-order valence-electron chi connectivity index (χ2n) is 5.21. The number of sulfonamides is 1. The van der Waals surface area contributed by atoms with E-state index in [1.54, 1.807) is 45.2 Å². The van der Waals surface area contributed by atoms with Gasteiger partial charge in [0.15, 0.2) is 0 Å². The number of nitrogens with zero attached hydrogens (tertiary/aromatic N) is 1. The normalized spacial score (nSPS) is 11.5. The lowest BCUT2D eigenvalue weighted by Crippen LogP contribution is -2.23. The van der Waals surface area contributed by atoms with Crippen LogP contribution in [0.3, 0.4) is 0 Å². The molecule has 6 nitrogen and oxygen atoms in total. The minimum atomic E-state index is -3.76. The molecule has 0 fully saturated rings. The standard InChI is InChI=1S/C16H19ClN2O4S/c1-4-23-16(20)14-9-15(11(2)19(14)3)24(21,22)18-10-12-5-7-13(17)8-6-12/h5-9,18H,4,10H2,1-3H3. The maximum Gasteiger partial charge on any atom is 0.354 e. The summed E-state index contributed by atoms with van der Waals surface area (Å²) >= 11 is 5.81. The first-order chi connectivity index (χ1) is 11.3. The highest BCUT2D eigenvalue weighted by Crippen LogP contribution is 2.20. The number of aromatic nitrogens is 1. The largest absolute Gasteiger partial charge is 0.461 e. The molecule has 1 aromatic heterocycles. The average Bonchev–Trinajstić information content (AvgIpc) is 2.84. The molecule has 0 unspecified atom stereocenters. The van der Waals surface area contributed by atoms with Crippen molar-refractivity contribution in [2.45, 2.75) is 25.3 Å². The molecule has 1 heterocycles. The Balaban J connectivity index is 2.24. The summed E-state index contributed by atoms with van der Waals surface area (Å²) in [7, 11) is -2.14. The summed E-state index contributed by atoms with van der Waals surface area (Å²) in [5, 5.41) is 0.583. The number of halogens is 1. The first-order valence-electron chi connectivity index (χ1n) is 7.33. The van der Waals surface area contributed by atoms with Crippen molar-refractivity contribution < 1.29 is 17.9 Å². The van der Waals surface area contributed by atoms with Gasteiger partial charge in [-0.05, 0) is 37.6 Å². The highest BCUT2D eigenvalue weighted by atomic mass is 35.5. The Kier molecular flexibility index (Phi) is 5.69. The number of rotatable bonds is 6. The summed E-state index contributed by atoms with van der Waals surface area (Å²) in [6, 6.07) is 8.20. The van der Waals surface area contributed by atoms with Crippen molar-refractivity contribution in [2.24, 2.45) is 7.05 Å². The number of esters is 1. The highest BCUT2D eigenvalue weighted by molar-refractivity contribution is 7.89. The van der Waals surface area contributed by atoms with Gasteiger partial charge >= 0.3 is 5.97 Å². The summed E-state index contributed by atoms with van der Waals surface area (Å²) in [5.74, 6) is -0.553. The third-order valence-corrected chi connectivity index (χ3v) is 5.41. The molecule has 2 rings (SSSR count). The zero-order chi connectivity index (χ0) is 17.9. The van der Waals surface area contributed by atoms with Gasteiger partial charge in [-0.3, -0.25) is 0 Å². The summed E-state index contributed by atoms with van der Waals surface area (Å²) in [4.78, 5) is 12.0. The van der Waals surface area contributed by atoms with Gasteiger partial charge in [-0.15, -0.1) is 0 Å². The number of nitrogens with one attached hydrogen (secondary N) is 1.